The van der Waals surface area contributed by atoms with Crippen LogP contribution in [-0.4, -0.2) is 24.3 Å². The minimum Gasteiger partial charge on any atom is -0.497 e. The van der Waals surface area contributed by atoms with Gasteiger partial charge >= 0.3 is 0 Å². The molecule has 2 N–H and O–H groups in total. The predicted molar refractivity (Wildman–Crippen MR) is 110 cm³/mol. The van der Waals surface area contributed by atoms with Crippen molar-refractivity contribution < 1.29 is 9.47 Å². The number of hydrogen-bond acceptors (Lipinski definition) is 7. The van der Waals surface area contributed by atoms with E-state index in [2.05, 4.69) is 6.07 Å². The van der Waals surface area contributed by atoms with Crippen LogP contribution in [0.25, 0.3) is 5.70 Å². The highest BCUT2D eigenvalue weighted by molar-refractivity contribution is 8.16. The van der Waals surface area contributed by atoms with E-state index in [1.54, 1.807) is 14.2 Å². The fraction of sp³-hybridized carbons (Fsp3) is 0.143. The average molecular weight is 390 g/mol. The number of methoxy groups -OCH3 is 2. The zero-order valence-corrected chi connectivity index (χ0v) is 16.2. The van der Waals surface area contributed by atoms with Crippen molar-refractivity contribution in [3.63, 3.8) is 0 Å². The summed E-state index contributed by atoms with van der Waals surface area (Å²) in [6.07, 6.45) is 0. The van der Waals surface area contributed by atoms with Crippen LogP contribution in [0.3, 0.4) is 0 Å². The van der Waals surface area contributed by atoms with E-state index in [1.165, 1.54) is 11.8 Å². The monoisotopic (exact) mass is 390 g/mol. The van der Waals surface area contributed by atoms with Crippen LogP contribution in [0.1, 0.15) is 17.2 Å². The van der Waals surface area contributed by atoms with E-state index in [-0.39, 0.29) is 0 Å². The topological polar surface area (TPSA) is 83.9 Å². The van der Waals surface area contributed by atoms with Gasteiger partial charge in [0, 0.05) is 5.41 Å². The van der Waals surface area contributed by atoms with Gasteiger partial charge in [0.05, 0.1) is 25.5 Å². The molecular formula is C21H18N4O2S. The van der Waals surface area contributed by atoms with Crippen molar-refractivity contribution >= 4 is 22.6 Å². The summed E-state index contributed by atoms with van der Waals surface area (Å²) >= 11 is 1.50. The van der Waals surface area contributed by atoms with Gasteiger partial charge < -0.3 is 15.2 Å². The average Bonchev–Trinajstić information content (AvgIpc) is 3.18. The first-order chi connectivity index (χ1) is 13.7. The highest BCUT2D eigenvalue weighted by atomic mass is 32.2. The summed E-state index contributed by atoms with van der Waals surface area (Å²) in [6.45, 7) is 0. The normalized spacial score (nSPS) is 18.2. The highest BCUT2D eigenvalue weighted by Gasteiger charge is 2.35. The Balaban J connectivity index is 1.71. The van der Waals surface area contributed by atoms with E-state index in [0.29, 0.717) is 11.4 Å². The van der Waals surface area contributed by atoms with Crippen LogP contribution in [0.15, 0.2) is 70.3 Å². The second-order valence-corrected chi connectivity index (χ2v) is 7.02. The zero-order valence-electron chi connectivity index (χ0n) is 15.4. The first-order valence-electron chi connectivity index (χ1n) is 8.59. The molecule has 0 saturated carbocycles. The summed E-state index contributed by atoms with van der Waals surface area (Å²) in [5, 5.41) is 12.5. The number of nitrogens with two attached hydrogens (primary N) is 1. The molecule has 28 heavy (non-hydrogen) atoms. The number of ether oxygens (including phenoxy) is 2. The molecule has 0 radical (unpaired) electrons. The Kier molecular flexibility index (Phi) is 4.72. The Morgan fingerprint density at radius 3 is 2.21 bits per heavy atom. The zero-order chi connectivity index (χ0) is 19.7. The van der Waals surface area contributed by atoms with Crippen molar-refractivity contribution in [1.82, 2.24) is 4.90 Å². The number of benzene rings is 2. The van der Waals surface area contributed by atoms with Gasteiger partial charge in [0.15, 0.2) is 5.17 Å². The lowest BCUT2D eigenvalue weighted by atomic mass is 9.98. The van der Waals surface area contributed by atoms with Gasteiger partial charge in [0.2, 0.25) is 0 Å². The van der Waals surface area contributed by atoms with Crippen LogP contribution in [-0.2, 0) is 0 Å². The molecule has 0 bridgehead atoms. The summed E-state index contributed by atoms with van der Waals surface area (Å²) in [6, 6.07) is 17.1. The number of amidine groups is 1. The molecule has 0 saturated heterocycles. The van der Waals surface area contributed by atoms with Gasteiger partial charge in [-0.2, -0.15) is 5.26 Å². The fourth-order valence-corrected chi connectivity index (χ4v) is 4.11. The number of fused-ring (bicyclic) bond motifs is 1. The largest absolute Gasteiger partial charge is 0.497 e. The van der Waals surface area contributed by atoms with Crippen LogP contribution in [0.4, 0.5) is 0 Å². The van der Waals surface area contributed by atoms with E-state index >= 15 is 0 Å². The maximum absolute atomic E-state index is 9.79. The molecule has 140 valence electrons. The Hall–Kier alpha value is -3.37. The summed E-state index contributed by atoms with van der Waals surface area (Å²) in [5.74, 6) is 1.94. The van der Waals surface area contributed by atoms with Crippen molar-refractivity contribution in [2.45, 2.75) is 6.04 Å². The Morgan fingerprint density at radius 2 is 1.64 bits per heavy atom. The lowest BCUT2D eigenvalue weighted by Gasteiger charge is -2.30. The molecule has 6 nitrogen and oxygen atoms in total. The van der Waals surface area contributed by atoms with Gasteiger partial charge in [0.1, 0.15) is 29.4 Å². The van der Waals surface area contributed by atoms with Crippen molar-refractivity contribution in [1.29, 1.82) is 5.26 Å². The fourth-order valence-electron chi connectivity index (χ4n) is 3.18. The molecule has 0 spiro atoms. The third-order valence-corrected chi connectivity index (χ3v) is 5.52. The molecule has 0 aromatic heterocycles. The van der Waals surface area contributed by atoms with Crippen molar-refractivity contribution in [3.8, 4) is 17.6 Å². The standard InChI is InChI=1S/C21H18N4O2S/c1-26-15-7-3-13(4-8-15)18-12-28-21-24-19(17(11-22)20(23)25(18)21)14-5-9-16(27-2)10-6-14/h3-10,12,19H,23H2,1-2H3. The smallest absolute Gasteiger partial charge is 0.174 e. The van der Waals surface area contributed by atoms with Gasteiger partial charge in [-0.3, -0.25) is 4.90 Å². The maximum atomic E-state index is 9.79. The van der Waals surface area contributed by atoms with Crippen LogP contribution in [0, 0.1) is 11.3 Å². The first-order valence-corrected chi connectivity index (χ1v) is 9.47. The van der Waals surface area contributed by atoms with Crippen molar-refractivity contribution in [2.75, 3.05) is 14.2 Å². The molecule has 7 heteroatoms. The number of rotatable bonds is 4. The Labute approximate surface area is 167 Å². The van der Waals surface area contributed by atoms with Crippen molar-refractivity contribution in [2.24, 2.45) is 10.7 Å². The molecular weight excluding hydrogens is 372 g/mol. The molecule has 2 aliphatic heterocycles. The second-order valence-electron chi connectivity index (χ2n) is 6.18. The second kappa shape index (κ2) is 7.33. The minimum atomic E-state index is -0.432. The highest BCUT2D eigenvalue weighted by Crippen LogP contribution is 2.43. The van der Waals surface area contributed by atoms with E-state index in [9.17, 15) is 5.26 Å². The van der Waals surface area contributed by atoms with E-state index in [1.807, 2.05) is 58.8 Å². The SMILES string of the molecule is COc1ccc(C2=CSC3=NC(c4ccc(OC)cc4)C(C#N)=C(N)N23)cc1. The number of aliphatic imine (C=N–C) groups is 1. The summed E-state index contributed by atoms with van der Waals surface area (Å²) in [5.41, 5.74) is 9.63. The molecule has 2 heterocycles. The third kappa shape index (κ3) is 2.98. The van der Waals surface area contributed by atoms with Gasteiger partial charge in [-0.15, -0.1) is 0 Å². The van der Waals surface area contributed by atoms with E-state index in [0.717, 1.165) is 33.5 Å². The predicted octanol–water partition coefficient (Wildman–Crippen LogP) is 3.86. The minimum absolute atomic E-state index is 0.403. The molecule has 0 aliphatic carbocycles. The van der Waals surface area contributed by atoms with Crippen LogP contribution < -0.4 is 15.2 Å². The molecule has 1 unspecified atom stereocenters. The maximum Gasteiger partial charge on any atom is 0.174 e. The van der Waals surface area contributed by atoms with Crippen molar-refractivity contribution in [3.05, 3.63) is 76.5 Å². The lowest BCUT2D eigenvalue weighted by molar-refractivity contribution is 0.414. The van der Waals surface area contributed by atoms with Crippen LogP contribution in [0.2, 0.25) is 0 Å². The van der Waals surface area contributed by atoms with E-state index < -0.39 is 6.04 Å². The molecule has 0 amide bonds. The van der Waals surface area contributed by atoms with Gasteiger partial charge in [-0.1, -0.05) is 23.9 Å². The molecule has 2 aromatic carbocycles. The number of hydrogen-bond donors (Lipinski definition) is 1. The summed E-state index contributed by atoms with van der Waals surface area (Å²) < 4.78 is 10.4. The van der Waals surface area contributed by atoms with Gasteiger partial charge in [-0.05, 0) is 47.5 Å². The van der Waals surface area contributed by atoms with Gasteiger partial charge in [-0.25, -0.2) is 4.99 Å². The first kappa shape index (κ1) is 18.0. The number of nitrogens with zero attached hydrogens (tertiary/aromatic N) is 3. The molecule has 4 rings (SSSR count). The molecule has 2 aromatic rings. The molecule has 0 fully saturated rings. The summed E-state index contributed by atoms with van der Waals surface area (Å²) in [4.78, 5) is 6.65. The molecule has 1 atom stereocenters. The number of thioether (sulfide) groups is 1. The number of nitriles is 1. The van der Waals surface area contributed by atoms with Crippen LogP contribution >= 0.6 is 11.8 Å². The lowest BCUT2D eigenvalue weighted by Crippen LogP contribution is -2.33. The third-order valence-electron chi connectivity index (χ3n) is 4.68. The Bertz CT molecular complexity index is 1030. The van der Waals surface area contributed by atoms with Gasteiger partial charge in [0.25, 0.3) is 0 Å². The molecule has 2 aliphatic rings. The van der Waals surface area contributed by atoms with E-state index in [4.69, 9.17) is 20.2 Å². The summed E-state index contributed by atoms with van der Waals surface area (Å²) in [7, 11) is 3.25. The Morgan fingerprint density at radius 1 is 1.04 bits per heavy atom. The quantitative estimate of drug-likeness (QED) is 0.854. The van der Waals surface area contributed by atoms with Crippen LogP contribution in [0.5, 0.6) is 11.5 Å².